The van der Waals surface area contributed by atoms with Crippen molar-refractivity contribution >= 4 is 44.4 Å². The van der Waals surface area contributed by atoms with Crippen LogP contribution < -0.4 is 5.14 Å². The van der Waals surface area contributed by atoms with E-state index < -0.39 is 10.0 Å². The van der Waals surface area contributed by atoms with Crippen LogP contribution in [0.2, 0.25) is 5.02 Å². The number of rotatable bonds is 7. The van der Waals surface area contributed by atoms with E-state index in [0.717, 1.165) is 40.6 Å². The van der Waals surface area contributed by atoms with Gasteiger partial charge in [0.1, 0.15) is 0 Å². The molecule has 0 aliphatic rings. The molecule has 2 N–H and O–H groups in total. The molecule has 5 nitrogen and oxygen atoms in total. The first-order valence-electron chi connectivity index (χ1n) is 8.29. The molecule has 26 heavy (non-hydrogen) atoms. The van der Waals surface area contributed by atoms with Gasteiger partial charge in [0.25, 0.3) is 0 Å². The molecular formula is C18H20ClN3O2S2. The Hall–Kier alpha value is -1.54. The van der Waals surface area contributed by atoms with Gasteiger partial charge in [-0.05, 0) is 36.2 Å². The maximum atomic E-state index is 11.6. The van der Waals surface area contributed by atoms with Crippen molar-refractivity contribution in [3.05, 3.63) is 53.1 Å². The molecule has 0 saturated carbocycles. The number of hydrogen-bond donors (Lipinski definition) is 1. The van der Waals surface area contributed by atoms with Crippen molar-refractivity contribution in [3.63, 3.8) is 0 Å². The lowest BCUT2D eigenvalue weighted by molar-refractivity contribution is 0.597. The second-order valence-electron chi connectivity index (χ2n) is 5.98. The van der Waals surface area contributed by atoms with Crippen LogP contribution in [-0.2, 0) is 22.3 Å². The van der Waals surface area contributed by atoms with Gasteiger partial charge < -0.3 is 4.57 Å². The minimum absolute atomic E-state index is 0.0767. The Bertz CT molecular complexity index is 1030. The van der Waals surface area contributed by atoms with Crippen LogP contribution in [0.1, 0.15) is 25.3 Å². The number of aryl methyl sites for hydroxylation is 1. The fourth-order valence-electron chi connectivity index (χ4n) is 2.66. The van der Waals surface area contributed by atoms with Gasteiger partial charge in [0, 0.05) is 17.3 Å². The van der Waals surface area contributed by atoms with E-state index in [9.17, 15) is 8.42 Å². The van der Waals surface area contributed by atoms with E-state index in [2.05, 4.69) is 16.5 Å². The van der Waals surface area contributed by atoms with Crippen LogP contribution in [0.3, 0.4) is 0 Å². The molecule has 0 amide bonds. The van der Waals surface area contributed by atoms with Gasteiger partial charge >= 0.3 is 0 Å². The van der Waals surface area contributed by atoms with Crippen LogP contribution in [0.15, 0.2) is 52.5 Å². The molecule has 0 saturated heterocycles. The minimum atomic E-state index is -3.75. The van der Waals surface area contributed by atoms with Gasteiger partial charge in [-0.3, -0.25) is 0 Å². The van der Waals surface area contributed by atoms with Crippen molar-refractivity contribution in [2.75, 3.05) is 0 Å². The van der Waals surface area contributed by atoms with E-state index in [1.54, 1.807) is 17.8 Å². The number of nitrogens with two attached hydrogens (primary N) is 1. The molecule has 0 fully saturated rings. The van der Waals surface area contributed by atoms with Crippen LogP contribution in [0.4, 0.5) is 0 Å². The van der Waals surface area contributed by atoms with Crippen molar-refractivity contribution in [2.24, 2.45) is 5.14 Å². The molecule has 1 aromatic heterocycles. The summed E-state index contributed by atoms with van der Waals surface area (Å²) in [5.41, 5.74) is 2.58. The summed E-state index contributed by atoms with van der Waals surface area (Å²) < 4.78 is 25.4. The largest absolute Gasteiger partial charge is 0.319 e. The number of thioether (sulfide) groups is 1. The first-order chi connectivity index (χ1) is 12.4. The number of nitrogens with zero attached hydrogens (tertiary/aromatic N) is 2. The number of unbranched alkanes of at least 4 members (excludes halogenated alkanes) is 1. The molecule has 138 valence electrons. The number of primary sulfonamides is 1. The molecule has 0 atom stereocenters. The van der Waals surface area contributed by atoms with Gasteiger partial charge in [-0.1, -0.05) is 54.9 Å². The quantitative estimate of drug-likeness (QED) is 0.585. The summed E-state index contributed by atoms with van der Waals surface area (Å²) in [6, 6.07) is 12.6. The van der Waals surface area contributed by atoms with Crippen molar-refractivity contribution in [1.29, 1.82) is 0 Å². The monoisotopic (exact) mass is 409 g/mol. The molecule has 3 rings (SSSR count). The van der Waals surface area contributed by atoms with Crippen LogP contribution in [-0.4, -0.2) is 18.0 Å². The van der Waals surface area contributed by atoms with E-state index in [4.69, 9.17) is 16.7 Å². The van der Waals surface area contributed by atoms with Gasteiger partial charge in [-0.25, -0.2) is 18.5 Å². The standard InChI is InChI=1S/C18H20ClN3O2S2/c1-2-3-10-22-17-9-8-14(26(20,23)24)11-16(17)21-18(22)25-12-13-6-4-5-7-15(13)19/h4-9,11H,2-3,10,12H2,1H3,(H2,20,23,24). The zero-order valence-electron chi connectivity index (χ0n) is 14.4. The molecular weight excluding hydrogens is 390 g/mol. The lowest BCUT2D eigenvalue weighted by Crippen LogP contribution is -2.11. The Kier molecular flexibility index (Phi) is 5.92. The second kappa shape index (κ2) is 8.00. The summed E-state index contributed by atoms with van der Waals surface area (Å²) >= 11 is 7.83. The van der Waals surface area contributed by atoms with E-state index in [-0.39, 0.29) is 4.90 Å². The molecule has 0 spiro atoms. The molecule has 0 bridgehead atoms. The maximum Gasteiger partial charge on any atom is 0.238 e. The van der Waals surface area contributed by atoms with E-state index in [1.807, 2.05) is 24.3 Å². The first kappa shape index (κ1) is 19.2. The SMILES string of the molecule is CCCCn1c(SCc2ccccc2Cl)nc2cc(S(N)(=O)=O)ccc21. The summed E-state index contributed by atoms with van der Waals surface area (Å²) in [5.74, 6) is 0.692. The predicted octanol–water partition coefficient (Wildman–Crippen LogP) is 4.43. The molecule has 8 heteroatoms. The average molecular weight is 410 g/mol. The smallest absolute Gasteiger partial charge is 0.238 e. The van der Waals surface area contributed by atoms with E-state index >= 15 is 0 Å². The van der Waals surface area contributed by atoms with Crippen molar-refractivity contribution < 1.29 is 8.42 Å². The molecule has 1 heterocycles. The van der Waals surface area contributed by atoms with Crippen LogP contribution >= 0.6 is 23.4 Å². The summed E-state index contributed by atoms with van der Waals surface area (Å²) in [4.78, 5) is 4.72. The van der Waals surface area contributed by atoms with Gasteiger partial charge in [0.2, 0.25) is 10.0 Å². The third-order valence-corrected chi connectivity index (χ3v) is 6.37. The first-order valence-corrected chi connectivity index (χ1v) is 11.2. The number of halogens is 1. The highest BCUT2D eigenvalue weighted by molar-refractivity contribution is 7.98. The average Bonchev–Trinajstić information content (AvgIpc) is 2.95. The third kappa shape index (κ3) is 4.23. The molecule has 3 aromatic rings. The van der Waals surface area contributed by atoms with Crippen LogP contribution in [0.5, 0.6) is 0 Å². The molecule has 0 radical (unpaired) electrons. The summed E-state index contributed by atoms with van der Waals surface area (Å²) in [6.07, 6.45) is 2.08. The Balaban J connectivity index is 1.98. The Labute approximate surface area is 162 Å². The highest BCUT2D eigenvalue weighted by atomic mass is 35.5. The zero-order valence-corrected chi connectivity index (χ0v) is 16.7. The van der Waals surface area contributed by atoms with Crippen molar-refractivity contribution in [3.8, 4) is 0 Å². The second-order valence-corrected chi connectivity index (χ2v) is 8.89. The number of hydrogen-bond acceptors (Lipinski definition) is 4. The third-order valence-electron chi connectivity index (χ3n) is 4.06. The lowest BCUT2D eigenvalue weighted by atomic mass is 10.2. The summed E-state index contributed by atoms with van der Waals surface area (Å²) in [7, 11) is -3.75. The fraction of sp³-hybridized carbons (Fsp3) is 0.278. The number of benzene rings is 2. The summed E-state index contributed by atoms with van der Waals surface area (Å²) in [6.45, 7) is 2.96. The highest BCUT2D eigenvalue weighted by Gasteiger charge is 2.15. The number of imidazole rings is 1. The lowest BCUT2D eigenvalue weighted by Gasteiger charge is -2.09. The van der Waals surface area contributed by atoms with Gasteiger partial charge in [-0.15, -0.1) is 0 Å². The van der Waals surface area contributed by atoms with Crippen LogP contribution in [0.25, 0.3) is 11.0 Å². The van der Waals surface area contributed by atoms with Crippen LogP contribution in [0, 0.1) is 0 Å². The molecule has 0 unspecified atom stereocenters. The normalized spacial score (nSPS) is 12.0. The molecule has 0 aliphatic heterocycles. The number of aromatic nitrogens is 2. The highest BCUT2D eigenvalue weighted by Crippen LogP contribution is 2.30. The maximum absolute atomic E-state index is 11.6. The Morgan fingerprint density at radius 3 is 2.69 bits per heavy atom. The zero-order chi connectivity index (χ0) is 18.7. The molecule has 0 aliphatic carbocycles. The molecule has 2 aromatic carbocycles. The topological polar surface area (TPSA) is 78.0 Å². The minimum Gasteiger partial charge on any atom is -0.319 e. The summed E-state index contributed by atoms with van der Waals surface area (Å²) in [5, 5.41) is 6.82. The van der Waals surface area contributed by atoms with Crippen molar-refractivity contribution in [2.45, 2.75) is 42.1 Å². The predicted molar refractivity (Wildman–Crippen MR) is 107 cm³/mol. The van der Waals surface area contributed by atoms with Gasteiger partial charge in [-0.2, -0.15) is 0 Å². The van der Waals surface area contributed by atoms with Gasteiger partial charge in [0.05, 0.1) is 15.9 Å². The Morgan fingerprint density at radius 2 is 2.00 bits per heavy atom. The Morgan fingerprint density at radius 1 is 1.23 bits per heavy atom. The number of fused-ring (bicyclic) bond motifs is 1. The number of sulfonamides is 1. The fourth-order valence-corrected chi connectivity index (χ4v) is 4.52. The van der Waals surface area contributed by atoms with E-state index in [0.29, 0.717) is 11.3 Å². The van der Waals surface area contributed by atoms with Gasteiger partial charge in [0.15, 0.2) is 5.16 Å². The van der Waals surface area contributed by atoms with Crippen molar-refractivity contribution in [1.82, 2.24) is 9.55 Å². The van der Waals surface area contributed by atoms with E-state index in [1.165, 1.54) is 12.1 Å².